The number of likely N-dealkylation sites (tertiary alicyclic amines) is 1. The molecule has 1 aliphatic carbocycles. The molecule has 2 fully saturated rings. The molecular formula is C19H26N2O5S. The third-order valence-electron chi connectivity index (χ3n) is 5.46. The first-order valence-corrected chi connectivity index (χ1v) is 10.9. The van der Waals surface area contributed by atoms with Crippen LogP contribution in [0, 0.1) is 12.8 Å². The molecule has 1 atom stereocenters. The predicted molar refractivity (Wildman–Crippen MR) is 100 cm³/mol. The van der Waals surface area contributed by atoms with E-state index in [1.807, 2.05) is 0 Å². The van der Waals surface area contributed by atoms with Crippen LogP contribution in [0.5, 0.6) is 0 Å². The van der Waals surface area contributed by atoms with Gasteiger partial charge in [-0.2, -0.15) is 0 Å². The van der Waals surface area contributed by atoms with Crippen LogP contribution in [-0.4, -0.2) is 49.4 Å². The summed E-state index contributed by atoms with van der Waals surface area (Å²) in [5.74, 6) is -1.79. The minimum absolute atomic E-state index is 0.0489. The van der Waals surface area contributed by atoms with Crippen molar-refractivity contribution in [2.45, 2.75) is 56.4 Å². The summed E-state index contributed by atoms with van der Waals surface area (Å²) in [6.45, 7) is 2.35. The molecule has 2 N–H and O–H groups in total. The second-order valence-corrected chi connectivity index (χ2v) is 9.19. The average molecular weight is 394 g/mol. The Balaban J connectivity index is 1.82. The molecule has 3 rings (SSSR count). The number of carbonyl (C=O) groups is 2. The summed E-state index contributed by atoms with van der Waals surface area (Å²) in [5, 5.41) is 9.21. The Morgan fingerprint density at radius 2 is 1.85 bits per heavy atom. The van der Waals surface area contributed by atoms with Crippen LogP contribution in [0.4, 0.5) is 0 Å². The SMILES string of the molecule is Cc1ccc(C(=O)N2CCCC(C(=O)O)C2)cc1S(=O)(=O)NC1CCCC1. The van der Waals surface area contributed by atoms with Crippen molar-refractivity contribution >= 4 is 21.9 Å². The molecule has 1 aliphatic heterocycles. The molecule has 7 nitrogen and oxygen atoms in total. The lowest BCUT2D eigenvalue weighted by Gasteiger charge is -2.31. The molecule has 0 radical (unpaired) electrons. The maximum Gasteiger partial charge on any atom is 0.308 e. The Morgan fingerprint density at radius 3 is 2.52 bits per heavy atom. The van der Waals surface area contributed by atoms with Gasteiger partial charge in [0, 0.05) is 24.7 Å². The highest BCUT2D eigenvalue weighted by Gasteiger charge is 2.30. The van der Waals surface area contributed by atoms with E-state index in [2.05, 4.69) is 4.72 Å². The van der Waals surface area contributed by atoms with Gasteiger partial charge in [0.25, 0.3) is 5.91 Å². The number of aliphatic carboxylic acids is 1. The van der Waals surface area contributed by atoms with Gasteiger partial charge < -0.3 is 10.0 Å². The molecule has 0 aromatic heterocycles. The minimum Gasteiger partial charge on any atom is -0.481 e. The largest absolute Gasteiger partial charge is 0.481 e. The number of rotatable bonds is 5. The normalized spacial score (nSPS) is 21.4. The van der Waals surface area contributed by atoms with E-state index in [9.17, 15) is 23.1 Å². The smallest absolute Gasteiger partial charge is 0.308 e. The zero-order valence-corrected chi connectivity index (χ0v) is 16.3. The quantitative estimate of drug-likeness (QED) is 0.796. The summed E-state index contributed by atoms with van der Waals surface area (Å²) in [4.78, 5) is 25.7. The van der Waals surface area contributed by atoms with E-state index in [1.165, 1.54) is 11.0 Å². The van der Waals surface area contributed by atoms with Gasteiger partial charge in [-0.3, -0.25) is 9.59 Å². The van der Waals surface area contributed by atoms with Crippen molar-refractivity contribution in [1.82, 2.24) is 9.62 Å². The van der Waals surface area contributed by atoms with Crippen molar-refractivity contribution in [3.63, 3.8) is 0 Å². The number of amides is 1. The first-order valence-electron chi connectivity index (χ1n) is 9.43. The van der Waals surface area contributed by atoms with Gasteiger partial charge in [-0.25, -0.2) is 13.1 Å². The van der Waals surface area contributed by atoms with Gasteiger partial charge in [0.15, 0.2) is 0 Å². The molecular weight excluding hydrogens is 368 g/mol. The summed E-state index contributed by atoms with van der Waals surface area (Å²) in [5.41, 5.74) is 0.859. The fraction of sp³-hybridized carbons (Fsp3) is 0.579. The number of hydrogen-bond donors (Lipinski definition) is 2. The van der Waals surface area contributed by atoms with Gasteiger partial charge in [0.1, 0.15) is 0 Å². The fourth-order valence-corrected chi connectivity index (χ4v) is 5.47. The van der Waals surface area contributed by atoms with Crippen molar-refractivity contribution in [1.29, 1.82) is 0 Å². The fourth-order valence-electron chi connectivity index (χ4n) is 3.89. The van der Waals surface area contributed by atoms with Crippen LogP contribution in [0.15, 0.2) is 23.1 Å². The van der Waals surface area contributed by atoms with Gasteiger partial charge in [-0.05, 0) is 50.3 Å². The Bertz CT molecular complexity index is 831. The highest BCUT2D eigenvalue weighted by molar-refractivity contribution is 7.89. The topological polar surface area (TPSA) is 104 Å². The average Bonchev–Trinajstić information content (AvgIpc) is 3.13. The second kappa shape index (κ2) is 7.98. The molecule has 0 spiro atoms. The predicted octanol–water partition coefficient (Wildman–Crippen LogP) is 2.15. The van der Waals surface area contributed by atoms with Crippen molar-refractivity contribution < 1.29 is 23.1 Å². The maximum atomic E-state index is 12.8. The number of piperidine rings is 1. The summed E-state index contributed by atoms with van der Waals surface area (Å²) in [6, 6.07) is 4.61. The Kier molecular flexibility index (Phi) is 5.86. The summed E-state index contributed by atoms with van der Waals surface area (Å²) < 4.78 is 28.3. The van der Waals surface area contributed by atoms with Crippen LogP contribution < -0.4 is 4.72 Å². The van der Waals surface area contributed by atoms with Crippen molar-refractivity contribution in [2.24, 2.45) is 5.92 Å². The summed E-state index contributed by atoms with van der Waals surface area (Å²) >= 11 is 0. The first-order chi connectivity index (χ1) is 12.8. The second-order valence-electron chi connectivity index (χ2n) is 7.51. The molecule has 1 saturated carbocycles. The van der Waals surface area contributed by atoms with Crippen LogP contribution in [0.1, 0.15) is 54.4 Å². The van der Waals surface area contributed by atoms with Crippen molar-refractivity contribution in [3.05, 3.63) is 29.3 Å². The number of hydrogen-bond acceptors (Lipinski definition) is 4. The number of nitrogens with one attached hydrogen (secondary N) is 1. The lowest BCUT2D eigenvalue weighted by molar-refractivity contribution is -0.143. The summed E-state index contributed by atoms with van der Waals surface area (Å²) in [7, 11) is -3.70. The Labute approximate surface area is 159 Å². The zero-order valence-electron chi connectivity index (χ0n) is 15.5. The van der Waals surface area contributed by atoms with Gasteiger partial charge in [0.05, 0.1) is 10.8 Å². The molecule has 148 valence electrons. The van der Waals surface area contributed by atoms with Crippen LogP contribution in [0.3, 0.4) is 0 Å². The molecule has 1 aromatic rings. The van der Waals surface area contributed by atoms with Gasteiger partial charge in [0.2, 0.25) is 10.0 Å². The molecule has 27 heavy (non-hydrogen) atoms. The van der Waals surface area contributed by atoms with Crippen molar-refractivity contribution in [3.8, 4) is 0 Å². The van der Waals surface area contributed by atoms with Gasteiger partial charge >= 0.3 is 5.97 Å². The lowest BCUT2D eigenvalue weighted by atomic mass is 9.97. The number of carbonyl (C=O) groups excluding carboxylic acids is 1. The zero-order chi connectivity index (χ0) is 19.6. The molecule has 1 amide bonds. The van der Waals surface area contributed by atoms with Gasteiger partial charge in [-0.15, -0.1) is 0 Å². The Morgan fingerprint density at radius 1 is 1.15 bits per heavy atom. The van der Waals surface area contributed by atoms with Gasteiger partial charge in [-0.1, -0.05) is 18.9 Å². The van der Waals surface area contributed by atoms with Crippen LogP contribution >= 0.6 is 0 Å². The van der Waals surface area contributed by atoms with Crippen LogP contribution in [0.25, 0.3) is 0 Å². The molecule has 8 heteroatoms. The highest BCUT2D eigenvalue weighted by Crippen LogP contribution is 2.24. The van der Waals surface area contributed by atoms with E-state index in [-0.39, 0.29) is 29.0 Å². The molecule has 1 aromatic carbocycles. The minimum atomic E-state index is -3.70. The number of sulfonamides is 1. The third-order valence-corrected chi connectivity index (χ3v) is 7.12. The standard InChI is InChI=1S/C19H26N2O5S/c1-13-8-9-14(18(22)21-10-4-5-15(12-21)19(23)24)11-17(13)27(25,26)20-16-6-2-3-7-16/h8-9,11,15-16,20H,2-7,10,12H2,1H3,(H,23,24). The first kappa shape index (κ1) is 19.8. The maximum absolute atomic E-state index is 12.8. The van der Waals surface area contributed by atoms with Crippen LogP contribution in [-0.2, 0) is 14.8 Å². The van der Waals surface area contributed by atoms with E-state index in [0.29, 0.717) is 24.9 Å². The number of benzene rings is 1. The molecule has 1 saturated heterocycles. The molecule has 1 unspecified atom stereocenters. The molecule has 1 heterocycles. The van der Waals surface area contributed by atoms with Crippen LogP contribution in [0.2, 0.25) is 0 Å². The summed E-state index contributed by atoms with van der Waals surface area (Å²) in [6.07, 6.45) is 4.89. The number of nitrogens with zero attached hydrogens (tertiary/aromatic N) is 1. The van der Waals surface area contributed by atoms with E-state index in [0.717, 1.165) is 25.7 Å². The monoisotopic (exact) mass is 394 g/mol. The van der Waals surface area contributed by atoms with E-state index < -0.39 is 21.9 Å². The van der Waals surface area contributed by atoms with E-state index >= 15 is 0 Å². The van der Waals surface area contributed by atoms with Crippen molar-refractivity contribution in [2.75, 3.05) is 13.1 Å². The molecule has 0 bridgehead atoms. The highest BCUT2D eigenvalue weighted by atomic mass is 32.2. The molecule has 2 aliphatic rings. The lowest BCUT2D eigenvalue weighted by Crippen LogP contribution is -2.42. The van der Waals surface area contributed by atoms with E-state index in [1.54, 1.807) is 19.1 Å². The van der Waals surface area contributed by atoms with E-state index in [4.69, 9.17) is 0 Å². The number of carboxylic acids is 1. The third kappa shape index (κ3) is 4.50. The Hall–Kier alpha value is -1.93. The number of carboxylic acid groups (broad SMARTS) is 1. The number of aryl methyl sites for hydroxylation is 1.